The lowest BCUT2D eigenvalue weighted by Gasteiger charge is -2.28. The highest BCUT2D eigenvalue weighted by Gasteiger charge is 2.19. The predicted molar refractivity (Wildman–Crippen MR) is 50.8 cm³/mol. The van der Waals surface area contributed by atoms with Gasteiger partial charge in [-0.1, -0.05) is 0 Å². The molecule has 4 nitrogen and oxygen atoms in total. The van der Waals surface area contributed by atoms with E-state index in [9.17, 15) is 4.79 Å². The van der Waals surface area contributed by atoms with Gasteiger partial charge < -0.3 is 10.2 Å². The second-order valence-electron chi connectivity index (χ2n) is 2.97. The van der Waals surface area contributed by atoms with E-state index >= 15 is 0 Å². The van der Waals surface area contributed by atoms with Gasteiger partial charge in [0.1, 0.15) is 5.82 Å². The zero-order valence-corrected chi connectivity index (χ0v) is 7.45. The van der Waals surface area contributed by atoms with Crippen LogP contribution in [0, 0.1) is 0 Å². The molecule has 0 radical (unpaired) electrons. The molecule has 1 aromatic rings. The number of nitrogens with one attached hydrogen (secondary N) is 1. The summed E-state index contributed by atoms with van der Waals surface area (Å²) in [5.41, 5.74) is 0.876. The lowest BCUT2D eigenvalue weighted by molar-refractivity contribution is -0.116. The van der Waals surface area contributed by atoms with Crippen LogP contribution in [0.5, 0.6) is 0 Å². The molecule has 0 saturated carbocycles. The Kier molecular flexibility index (Phi) is 1.88. The van der Waals surface area contributed by atoms with Crippen molar-refractivity contribution in [3.63, 3.8) is 0 Å². The maximum atomic E-state index is 11.2. The summed E-state index contributed by atoms with van der Waals surface area (Å²) in [4.78, 5) is 17.1. The van der Waals surface area contributed by atoms with Gasteiger partial charge in [-0.15, -0.1) is 0 Å². The fraction of sp³-hybridized carbons (Fsp3) is 0.333. The average molecular weight is 177 g/mol. The smallest absolute Gasteiger partial charge is 0.224 e. The van der Waals surface area contributed by atoms with Gasteiger partial charge in [-0.05, 0) is 12.1 Å². The van der Waals surface area contributed by atoms with Gasteiger partial charge in [0.25, 0.3) is 0 Å². The summed E-state index contributed by atoms with van der Waals surface area (Å²) in [6.45, 7) is 3.06. The lowest BCUT2D eigenvalue weighted by Crippen LogP contribution is -2.37. The normalized spacial score (nSPS) is 14.7. The Morgan fingerprint density at radius 3 is 3.31 bits per heavy atom. The van der Waals surface area contributed by atoms with E-state index in [0.717, 1.165) is 18.1 Å². The SMILES string of the molecule is CC(=O)N1CCNc2ncccc21. The Balaban J connectivity index is 2.42. The third kappa shape index (κ3) is 1.35. The van der Waals surface area contributed by atoms with Crippen molar-refractivity contribution < 1.29 is 4.79 Å². The molecule has 1 aliphatic heterocycles. The van der Waals surface area contributed by atoms with Gasteiger partial charge in [0.15, 0.2) is 0 Å². The summed E-state index contributed by atoms with van der Waals surface area (Å²) < 4.78 is 0. The molecule has 4 heteroatoms. The highest BCUT2D eigenvalue weighted by molar-refractivity contribution is 5.95. The summed E-state index contributed by atoms with van der Waals surface area (Å²) in [5.74, 6) is 0.861. The number of hydrogen-bond donors (Lipinski definition) is 1. The Labute approximate surface area is 76.6 Å². The first-order valence-electron chi connectivity index (χ1n) is 4.26. The van der Waals surface area contributed by atoms with Crippen LogP contribution >= 0.6 is 0 Å². The van der Waals surface area contributed by atoms with E-state index in [4.69, 9.17) is 0 Å². The number of fused-ring (bicyclic) bond motifs is 1. The molecule has 2 heterocycles. The monoisotopic (exact) mass is 177 g/mol. The molecule has 0 saturated heterocycles. The highest BCUT2D eigenvalue weighted by Crippen LogP contribution is 2.25. The van der Waals surface area contributed by atoms with Crippen LogP contribution in [0.4, 0.5) is 11.5 Å². The lowest BCUT2D eigenvalue weighted by atomic mass is 10.2. The summed E-state index contributed by atoms with van der Waals surface area (Å²) in [6, 6.07) is 3.73. The fourth-order valence-electron chi connectivity index (χ4n) is 1.48. The molecule has 0 spiro atoms. The van der Waals surface area contributed by atoms with Gasteiger partial charge in [-0.3, -0.25) is 4.79 Å². The minimum Gasteiger partial charge on any atom is -0.367 e. The maximum Gasteiger partial charge on any atom is 0.224 e. The number of carbonyl (C=O) groups is 1. The average Bonchev–Trinajstić information content (AvgIpc) is 2.17. The minimum atomic E-state index is 0.0655. The van der Waals surface area contributed by atoms with Crippen molar-refractivity contribution in [1.29, 1.82) is 0 Å². The van der Waals surface area contributed by atoms with E-state index in [1.165, 1.54) is 0 Å². The first-order chi connectivity index (χ1) is 6.29. The molecule has 2 rings (SSSR count). The van der Waals surface area contributed by atoms with Crippen LogP contribution < -0.4 is 10.2 Å². The van der Waals surface area contributed by atoms with Gasteiger partial charge in [-0.25, -0.2) is 4.98 Å². The van der Waals surface area contributed by atoms with Crippen LogP contribution in [-0.2, 0) is 4.79 Å². The fourth-order valence-corrected chi connectivity index (χ4v) is 1.48. The number of carbonyl (C=O) groups excluding carboxylic acids is 1. The van der Waals surface area contributed by atoms with Gasteiger partial charge in [0.05, 0.1) is 5.69 Å². The molecule has 0 atom stereocenters. The summed E-state index contributed by atoms with van der Waals surface area (Å²) in [5, 5.41) is 3.14. The van der Waals surface area contributed by atoms with Gasteiger partial charge in [-0.2, -0.15) is 0 Å². The van der Waals surface area contributed by atoms with Crippen LogP contribution in [0.25, 0.3) is 0 Å². The maximum absolute atomic E-state index is 11.2. The number of anilines is 2. The molecule has 1 N–H and O–H groups in total. The first kappa shape index (κ1) is 8.04. The van der Waals surface area contributed by atoms with Crippen molar-refractivity contribution >= 4 is 17.4 Å². The Morgan fingerprint density at radius 1 is 1.69 bits per heavy atom. The second kappa shape index (κ2) is 3.05. The highest BCUT2D eigenvalue weighted by atomic mass is 16.2. The number of aromatic nitrogens is 1. The quantitative estimate of drug-likeness (QED) is 0.639. The number of pyridine rings is 1. The topological polar surface area (TPSA) is 45.2 Å². The van der Waals surface area contributed by atoms with Gasteiger partial charge >= 0.3 is 0 Å². The molecule has 1 amide bonds. The van der Waals surface area contributed by atoms with Crippen molar-refractivity contribution in [1.82, 2.24) is 4.98 Å². The van der Waals surface area contributed by atoms with Crippen LogP contribution in [0.1, 0.15) is 6.92 Å². The summed E-state index contributed by atoms with van der Waals surface area (Å²) in [6.07, 6.45) is 1.72. The third-order valence-corrected chi connectivity index (χ3v) is 2.09. The predicted octanol–water partition coefficient (Wildman–Crippen LogP) is 0.860. The molecule has 68 valence electrons. The van der Waals surface area contributed by atoms with Crippen LogP contribution in [0.3, 0.4) is 0 Å². The van der Waals surface area contributed by atoms with Crippen LogP contribution in [0.2, 0.25) is 0 Å². The molecule has 13 heavy (non-hydrogen) atoms. The van der Waals surface area contributed by atoms with E-state index in [2.05, 4.69) is 10.3 Å². The number of rotatable bonds is 0. The van der Waals surface area contributed by atoms with E-state index in [0.29, 0.717) is 6.54 Å². The number of nitrogens with zero attached hydrogens (tertiary/aromatic N) is 2. The van der Waals surface area contributed by atoms with Crippen molar-refractivity contribution in [2.45, 2.75) is 6.92 Å². The van der Waals surface area contributed by atoms with E-state index < -0.39 is 0 Å². The van der Waals surface area contributed by atoms with E-state index in [1.807, 2.05) is 12.1 Å². The summed E-state index contributed by atoms with van der Waals surface area (Å²) >= 11 is 0. The number of hydrogen-bond acceptors (Lipinski definition) is 3. The molecule has 0 aromatic carbocycles. The Morgan fingerprint density at radius 2 is 2.54 bits per heavy atom. The molecule has 0 unspecified atom stereocenters. The molecule has 1 aliphatic rings. The molecular weight excluding hydrogens is 166 g/mol. The molecule has 0 fully saturated rings. The standard InChI is InChI=1S/C9H11N3O/c1-7(13)12-6-5-11-9-8(12)3-2-4-10-9/h2-4H,5-6H2,1H3,(H,10,11). The van der Waals surface area contributed by atoms with E-state index in [1.54, 1.807) is 18.0 Å². The molecule has 1 aromatic heterocycles. The van der Waals surface area contributed by atoms with Gasteiger partial charge in [0, 0.05) is 26.2 Å². The van der Waals surface area contributed by atoms with Crippen molar-refractivity contribution in [2.24, 2.45) is 0 Å². The van der Waals surface area contributed by atoms with Gasteiger partial charge in [0.2, 0.25) is 5.91 Å². The zero-order valence-electron chi connectivity index (χ0n) is 7.45. The second-order valence-corrected chi connectivity index (χ2v) is 2.97. The Bertz CT molecular complexity index is 337. The first-order valence-corrected chi connectivity index (χ1v) is 4.26. The van der Waals surface area contributed by atoms with Crippen LogP contribution in [0.15, 0.2) is 18.3 Å². The molecular formula is C9H11N3O. The number of amides is 1. The summed E-state index contributed by atoms with van der Waals surface area (Å²) in [7, 11) is 0. The van der Waals surface area contributed by atoms with Crippen molar-refractivity contribution in [3.05, 3.63) is 18.3 Å². The minimum absolute atomic E-state index is 0.0655. The molecule has 0 aliphatic carbocycles. The third-order valence-electron chi connectivity index (χ3n) is 2.09. The zero-order chi connectivity index (χ0) is 9.26. The Hall–Kier alpha value is -1.58. The largest absolute Gasteiger partial charge is 0.367 e. The van der Waals surface area contributed by atoms with Crippen molar-refractivity contribution in [2.75, 3.05) is 23.3 Å². The van der Waals surface area contributed by atoms with Crippen LogP contribution in [-0.4, -0.2) is 24.0 Å². The molecule has 0 bridgehead atoms. The van der Waals surface area contributed by atoms with Crippen molar-refractivity contribution in [3.8, 4) is 0 Å². The van der Waals surface area contributed by atoms with E-state index in [-0.39, 0.29) is 5.91 Å².